The largest absolute Gasteiger partial charge is 0.377 e. The normalized spacial score (nSPS) is 23.1. The van der Waals surface area contributed by atoms with Crippen molar-refractivity contribution in [3.63, 3.8) is 0 Å². The molecule has 0 bridgehead atoms. The van der Waals surface area contributed by atoms with Crippen LogP contribution in [0.4, 0.5) is 14.5 Å². The third-order valence-electron chi connectivity index (χ3n) is 3.45. The lowest BCUT2D eigenvalue weighted by atomic mass is 10.1. The summed E-state index contributed by atoms with van der Waals surface area (Å²) in [5, 5.41) is 0. The molecule has 1 aliphatic rings. The lowest BCUT2D eigenvalue weighted by Crippen LogP contribution is -2.27. The van der Waals surface area contributed by atoms with Crippen molar-refractivity contribution in [2.24, 2.45) is 5.73 Å². The molecule has 1 aliphatic heterocycles. The van der Waals surface area contributed by atoms with Gasteiger partial charge in [-0.1, -0.05) is 0 Å². The fourth-order valence-corrected chi connectivity index (χ4v) is 2.42. The first-order valence-corrected chi connectivity index (χ1v) is 6.09. The van der Waals surface area contributed by atoms with Crippen LogP contribution >= 0.6 is 0 Å². The van der Waals surface area contributed by atoms with Gasteiger partial charge in [0.2, 0.25) is 0 Å². The van der Waals surface area contributed by atoms with Crippen LogP contribution in [0.5, 0.6) is 0 Å². The third-order valence-corrected chi connectivity index (χ3v) is 3.45. The number of benzene rings is 1. The second kappa shape index (κ2) is 5.81. The van der Waals surface area contributed by atoms with Crippen molar-refractivity contribution in [2.75, 3.05) is 32.2 Å². The van der Waals surface area contributed by atoms with E-state index in [1.807, 2.05) is 0 Å². The molecule has 0 aliphatic carbocycles. The lowest BCUT2D eigenvalue weighted by molar-refractivity contribution is -0.00461. The minimum absolute atomic E-state index is 0.0428. The van der Waals surface area contributed by atoms with Crippen LogP contribution < -0.4 is 10.6 Å². The van der Waals surface area contributed by atoms with Gasteiger partial charge in [0.1, 0.15) is 29.5 Å². The van der Waals surface area contributed by atoms with Gasteiger partial charge in [0.25, 0.3) is 0 Å². The molecular formula is C13H18F2N2O2. The van der Waals surface area contributed by atoms with E-state index in [0.29, 0.717) is 18.7 Å². The minimum Gasteiger partial charge on any atom is -0.377 e. The lowest BCUT2D eigenvalue weighted by Gasteiger charge is -2.20. The molecule has 19 heavy (non-hydrogen) atoms. The molecule has 2 atom stereocenters. The van der Waals surface area contributed by atoms with Crippen LogP contribution in [-0.2, 0) is 16.0 Å². The summed E-state index contributed by atoms with van der Waals surface area (Å²) in [5.41, 5.74) is 5.78. The summed E-state index contributed by atoms with van der Waals surface area (Å²) in [6, 6.07) is 2.53. The van der Waals surface area contributed by atoms with Gasteiger partial charge in [-0.3, -0.25) is 0 Å². The Hall–Kier alpha value is -1.24. The standard InChI is InChI=1S/C13H18F2N2O2/c1-18-11-6-17(7-12(11)19-2)13-9(14)3-8(5-16)4-10(13)15/h3-4,11-12H,5-7,16H2,1-2H3. The molecule has 1 saturated heterocycles. The molecule has 6 heteroatoms. The number of anilines is 1. The molecule has 0 saturated carbocycles. The zero-order valence-electron chi connectivity index (χ0n) is 11.0. The van der Waals surface area contributed by atoms with Gasteiger partial charge in [-0.25, -0.2) is 8.78 Å². The number of hydrogen-bond donors (Lipinski definition) is 1. The van der Waals surface area contributed by atoms with Gasteiger partial charge in [0.15, 0.2) is 0 Å². The molecule has 1 aromatic carbocycles. The fourth-order valence-electron chi connectivity index (χ4n) is 2.42. The Balaban J connectivity index is 2.28. The van der Waals surface area contributed by atoms with Gasteiger partial charge in [0, 0.05) is 33.9 Å². The number of ether oxygens (including phenoxy) is 2. The van der Waals surface area contributed by atoms with Crippen LogP contribution in [0.3, 0.4) is 0 Å². The van der Waals surface area contributed by atoms with Crippen molar-refractivity contribution >= 4 is 5.69 Å². The number of nitrogens with zero attached hydrogens (tertiary/aromatic N) is 1. The molecule has 0 aromatic heterocycles. The molecule has 0 spiro atoms. The summed E-state index contributed by atoms with van der Waals surface area (Å²) in [5.74, 6) is -1.21. The number of methoxy groups -OCH3 is 2. The minimum atomic E-state index is -0.605. The quantitative estimate of drug-likeness (QED) is 0.897. The number of halogens is 2. The second-order valence-corrected chi connectivity index (χ2v) is 4.57. The Labute approximate surface area is 111 Å². The van der Waals surface area contributed by atoms with E-state index in [9.17, 15) is 8.78 Å². The van der Waals surface area contributed by atoms with Crippen LogP contribution in [-0.4, -0.2) is 39.5 Å². The van der Waals surface area contributed by atoms with Crippen LogP contribution in [0.25, 0.3) is 0 Å². The van der Waals surface area contributed by atoms with Crippen molar-refractivity contribution in [1.29, 1.82) is 0 Å². The van der Waals surface area contributed by atoms with E-state index in [1.54, 1.807) is 19.1 Å². The molecule has 2 rings (SSSR count). The number of rotatable bonds is 4. The summed E-state index contributed by atoms with van der Waals surface area (Å²) in [7, 11) is 3.12. The van der Waals surface area contributed by atoms with Gasteiger partial charge in [-0.2, -0.15) is 0 Å². The average Bonchev–Trinajstić information content (AvgIpc) is 2.80. The van der Waals surface area contributed by atoms with Crippen molar-refractivity contribution in [3.05, 3.63) is 29.3 Å². The van der Waals surface area contributed by atoms with E-state index in [2.05, 4.69) is 0 Å². The van der Waals surface area contributed by atoms with Crippen LogP contribution in [0.2, 0.25) is 0 Å². The Kier molecular flexibility index (Phi) is 4.34. The van der Waals surface area contributed by atoms with Gasteiger partial charge in [-0.05, 0) is 17.7 Å². The highest BCUT2D eigenvalue weighted by molar-refractivity contribution is 5.52. The second-order valence-electron chi connectivity index (χ2n) is 4.57. The number of hydrogen-bond acceptors (Lipinski definition) is 4. The molecule has 2 unspecified atom stereocenters. The van der Waals surface area contributed by atoms with Crippen molar-refractivity contribution in [1.82, 2.24) is 0 Å². The molecule has 1 heterocycles. The molecule has 0 radical (unpaired) electrons. The maximum absolute atomic E-state index is 14.0. The summed E-state index contributed by atoms with van der Waals surface area (Å²) in [4.78, 5) is 1.60. The molecule has 106 valence electrons. The summed E-state index contributed by atoms with van der Waals surface area (Å²) >= 11 is 0. The van der Waals surface area contributed by atoms with Gasteiger partial charge >= 0.3 is 0 Å². The maximum Gasteiger partial charge on any atom is 0.149 e. The summed E-state index contributed by atoms with van der Waals surface area (Å²) in [6.45, 7) is 0.894. The first-order valence-electron chi connectivity index (χ1n) is 6.09. The maximum atomic E-state index is 14.0. The van der Waals surface area contributed by atoms with E-state index < -0.39 is 11.6 Å². The van der Waals surface area contributed by atoms with Gasteiger partial charge in [0.05, 0.1) is 0 Å². The SMILES string of the molecule is COC1CN(c2c(F)cc(CN)cc2F)CC1OC. The third kappa shape index (κ3) is 2.70. The van der Waals surface area contributed by atoms with E-state index in [1.165, 1.54) is 12.1 Å². The predicted octanol–water partition coefficient (Wildman–Crippen LogP) is 1.27. The fraction of sp³-hybridized carbons (Fsp3) is 0.538. The highest BCUT2D eigenvalue weighted by Gasteiger charge is 2.35. The van der Waals surface area contributed by atoms with Gasteiger partial charge in [-0.15, -0.1) is 0 Å². The topological polar surface area (TPSA) is 47.7 Å². The average molecular weight is 272 g/mol. The van der Waals surface area contributed by atoms with Crippen molar-refractivity contribution < 1.29 is 18.3 Å². The molecule has 2 N–H and O–H groups in total. The highest BCUT2D eigenvalue weighted by atomic mass is 19.1. The van der Waals surface area contributed by atoms with Crippen molar-refractivity contribution in [3.8, 4) is 0 Å². The van der Waals surface area contributed by atoms with Gasteiger partial charge < -0.3 is 20.1 Å². The van der Waals surface area contributed by atoms with E-state index in [4.69, 9.17) is 15.2 Å². The number of nitrogens with two attached hydrogens (primary N) is 1. The molecule has 0 amide bonds. The van der Waals surface area contributed by atoms with Crippen molar-refractivity contribution in [2.45, 2.75) is 18.8 Å². The smallest absolute Gasteiger partial charge is 0.149 e. The summed E-state index contributed by atoms with van der Waals surface area (Å²) < 4.78 is 38.5. The Morgan fingerprint density at radius 1 is 1.16 bits per heavy atom. The van der Waals surface area contributed by atoms with E-state index in [0.717, 1.165) is 0 Å². The molecule has 1 fully saturated rings. The first kappa shape index (κ1) is 14.2. The zero-order chi connectivity index (χ0) is 14.0. The van der Waals surface area contributed by atoms with Crippen LogP contribution in [0.1, 0.15) is 5.56 Å². The van der Waals surface area contributed by atoms with E-state index >= 15 is 0 Å². The molecule has 1 aromatic rings. The zero-order valence-corrected chi connectivity index (χ0v) is 11.0. The molecule has 4 nitrogen and oxygen atoms in total. The Morgan fingerprint density at radius 3 is 2.00 bits per heavy atom. The van der Waals surface area contributed by atoms with Crippen LogP contribution in [0, 0.1) is 11.6 Å². The summed E-state index contributed by atoms with van der Waals surface area (Å²) in [6.07, 6.45) is -0.393. The Bertz CT molecular complexity index is 421. The first-order chi connectivity index (χ1) is 9.10. The Morgan fingerprint density at radius 2 is 1.63 bits per heavy atom. The monoisotopic (exact) mass is 272 g/mol. The predicted molar refractivity (Wildman–Crippen MR) is 68.1 cm³/mol. The van der Waals surface area contributed by atoms with E-state index in [-0.39, 0.29) is 24.4 Å². The van der Waals surface area contributed by atoms with Crippen LogP contribution in [0.15, 0.2) is 12.1 Å². The molecular weight excluding hydrogens is 254 g/mol. The highest BCUT2D eigenvalue weighted by Crippen LogP contribution is 2.29.